The van der Waals surface area contributed by atoms with Crippen LogP contribution in [0.4, 0.5) is 0 Å². The van der Waals surface area contributed by atoms with E-state index in [1.54, 1.807) is 0 Å². The first-order valence-electron chi connectivity index (χ1n) is 6.63. The molecular weight excluding hydrogens is 216 g/mol. The Bertz CT molecular complexity index is 353. The topological polar surface area (TPSA) is 52.0 Å². The van der Waals surface area contributed by atoms with E-state index in [9.17, 15) is 0 Å². The molecule has 0 saturated carbocycles. The Hall–Kier alpha value is -0.940. The second-order valence-corrected chi connectivity index (χ2v) is 5.00. The third-order valence-corrected chi connectivity index (χ3v) is 3.77. The van der Waals surface area contributed by atoms with Gasteiger partial charge in [0.05, 0.1) is 12.6 Å². The molecule has 0 amide bonds. The van der Waals surface area contributed by atoms with Gasteiger partial charge < -0.3 is 14.6 Å². The van der Waals surface area contributed by atoms with E-state index >= 15 is 0 Å². The molecule has 2 aliphatic heterocycles. The minimum atomic E-state index is 0.367. The molecule has 0 aliphatic carbocycles. The highest BCUT2D eigenvalue weighted by atomic mass is 16.5. The zero-order chi connectivity index (χ0) is 11.5. The van der Waals surface area contributed by atoms with E-state index in [0.717, 1.165) is 32.1 Å². The van der Waals surface area contributed by atoms with E-state index in [1.807, 2.05) is 6.33 Å². The second-order valence-electron chi connectivity index (χ2n) is 5.00. The highest BCUT2D eigenvalue weighted by molar-refractivity contribution is 4.99. The summed E-state index contributed by atoms with van der Waals surface area (Å²) in [5, 5.41) is 11.8. The van der Waals surface area contributed by atoms with Gasteiger partial charge in [-0.2, -0.15) is 0 Å². The summed E-state index contributed by atoms with van der Waals surface area (Å²) in [4.78, 5) is 0. The van der Waals surface area contributed by atoms with Gasteiger partial charge in [-0.05, 0) is 38.8 Å². The molecule has 1 atom stereocenters. The third kappa shape index (κ3) is 2.50. The molecule has 3 rings (SSSR count). The Labute approximate surface area is 102 Å². The summed E-state index contributed by atoms with van der Waals surface area (Å²) in [7, 11) is 0. The Morgan fingerprint density at radius 3 is 3.00 bits per heavy atom. The number of hydrogen-bond donors (Lipinski definition) is 1. The number of nitrogens with one attached hydrogen (secondary N) is 1. The van der Waals surface area contributed by atoms with Crippen molar-refractivity contribution in [3.8, 4) is 0 Å². The maximum Gasteiger partial charge on any atom is 0.136 e. The van der Waals surface area contributed by atoms with Crippen LogP contribution in [0.25, 0.3) is 0 Å². The first-order valence-corrected chi connectivity index (χ1v) is 6.63. The molecule has 2 saturated heterocycles. The van der Waals surface area contributed by atoms with Crippen LogP contribution in [0.15, 0.2) is 6.33 Å². The average Bonchev–Trinajstić information content (AvgIpc) is 3.02. The predicted octanol–water partition coefficient (Wildman–Crippen LogP) is 0.924. The van der Waals surface area contributed by atoms with Crippen LogP contribution in [-0.4, -0.2) is 40.6 Å². The fourth-order valence-corrected chi connectivity index (χ4v) is 2.81. The van der Waals surface area contributed by atoms with Crippen LogP contribution in [-0.2, 0) is 11.3 Å². The molecular formula is C12H20N4O. The third-order valence-electron chi connectivity index (χ3n) is 3.77. The quantitative estimate of drug-likeness (QED) is 0.848. The van der Waals surface area contributed by atoms with Crippen LogP contribution in [0.2, 0.25) is 0 Å². The zero-order valence-corrected chi connectivity index (χ0v) is 10.1. The number of aromatic nitrogens is 3. The van der Waals surface area contributed by atoms with Crippen molar-refractivity contribution in [1.82, 2.24) is 20.1 Å². The van der Waals surface area contributed by atoms with Crippen molar-refractivity contribution in [2.24, 2.45) is 0 Å². The summed E-state index contributed by atoms with van der Waals surface area (Å²) in [6.45, 7) is 4.02. The number of nitrogens with zero attached hydrogens (tertiary/aromatic N) is 3. The molecule has 0 aromatic carbocycles. The van der Waals surface area contributed by atoms with Crippen LogP contribution in [0.1, 0.15) is 37.4 Å². The zero-order valence-electron chi connectivity index (χ0n) is 10.1. The van der Waals surface area contributed by atoms with E-state index in [-0.39, 0.29) is 0 Å². The normalized spacial score (nSPS) is 26.5. The molecule has 1 unspecified atom stereocenters. The fraction of sp³-hybridized carbons (Fsp3) is 0.833. The predicted molar refractivity (Wildman–Crippen MR) is 63.8 cm³/mol. The molecule has 1 aromatic heterocycles. The van der Waals surface area contributed by atoms with Crippen molar-refractivity contribution < 1.29 is 4.74 Å². The maximum absolute atomic E-state index is 5.68. The lowest BCUT2D eigenvalue weighted by atomic mass is 9.97. The molecule has 5 heteroatoms. The lowest BCUT2D eigenvalue weighted by Crippen LogP contribution is -2.28. The SMILES string of the molecule is c1nnc(C2CCNCC2)n1CC1CCCO1. The Morgan fingerprint density at radius 2 is 2.24 bits per heavy atom. The number of hydrogen-bond acceptors (Lipinski definition) is 4. The molecule has 0 spiro atoms. The van der Waals surface area contributed by atoms with Crippen LogP contribution in [0, 0.1) is 0 Å². The number of rotatable bonds is 3. The summed E-state index contributed by atoms with van der Waals surface area (Å²) in [6.07, 6.45) is 6.93. The molecule has 0 bridgehead atoms. The smallest absolute Gasteiger partial charge is 0.136 e. The molecule has 3 heterocycles. The van der Waals surface area contributed by atoms with Crippen LogP contribution >= 0.6 is 0 Å². The Balaban J connectivity index is 1.69. The molecule has 1 aromatic rings. The van der Waals surface area contributed by atoms with Gasteiger partial charge in [0.15, 0.2) is 0 Å². The summed E-state index contributed by atoms with van der Waals surface area (Å²) in [5.74, 6) is 1.72. The first-order chi connectivity index (χ1) is 8.43. The number of piperidine rings is 1. The summed E-state index contributed by atoms with van der Waals surface area (Å²) < 4.78 is 7.88. The van der Waals surface area contributed by atoms with Gasteiger partial charge in [0.25, 0.3) is 0 Å². The lowest BCUT2D eigenvalue weighted by Gasteiger charge is -2.23. The maximum atomic E-state index is 5.68. The summed E-state index contributed by atoms with van der Waals surface area (Å²) >= 11 is 0. The molecule has 5 nitrogen and oxygen atoms in total. The fourth-order valence-electron chi connectivity index (χ4n) is 2.81. The Morgan fingerprint density at radius 1 is 1.35 bits per heavy atom. The minimum Gasteiger partial charge on any atom is -0.376 e. The molecule has 1 N–H and O–H groups in total. The van der Waals surface area contributed by atoms with Crippen molar-refractivity contribution in [3.05, 3.63) is 12.2 Å². The van der Waals surface area contributed by atoms with E-state index < -0.39 is 0 Å². The highest BCUT2D eigenvalue weighted by Crippen LogP contribution is 2.24. The molecule has 2 aliphatic rings. The average molecular weight is 236 g/mol. The molecule has 0 radical (unpaired) electrons. The summed E-state index contributed by atoms with van der Waals surface area (Å²) in [6, 6.07) is 0. The van der Waals surface area contributed by atoms with Crippen molar-refractivity contribution >= 4 is 0 Å². The standard InChI is InChI=1S/C12H20N4O/c1-2-11(17-7-1)8-16-9-14-15-12(16)10-3-5-13-6-4-10/h9-11,13H,1-8H2. The van der Waals surface area contributed by atoms with E-state index in [2.05, 4.69) is 20.1 Å². The van der Waals surface area contributed by atoms with E-state index in [4.69, 9.17) is 4.74 Å². The first kappa shape index (κ1) is 11.2. The largest absolute Gasteiger partial charge is 0.376 e. The van der Waals surface area contributed by atoms with Gasteiger partial charge in [0.2, 0.25) is 0 Å². The Kier molecular flexibility index (Phi) is 3.38. The van der Waals surface area contributed by atoms with Gasteiger partial charge in [-0.15, -0.1) is 10.2 Å². The van der Waals surface area contributed by atoms with Gasteiger partial charge >= 0.3 is 0 Å². The van der Waals surface area contributed by atoms with Gasteiger partial charge in [0.1, 0.15) is 12.2 Å². The number of ether oxygens (including phenoxy) is 1. The van der Waals surface area contributed by atoms with Crippen molar-refractivity contribution in [3.63, 3.8) is 0 Å². The van der Waals surface area contributed by atoms with Gasteiger partial charge in [-0.25, -0.2) is 0 Å². The highest BCUT2D eigenvalue weighted by Gasteiger charge is 2.23. The van der Waals surface area contributed by atoms with Gasteiger partial charge in [-0.3, -0.25) is 0 Å². The van der Waals surface area contributed by atoms with Crippen molar-refractivity contribution in [1.29, 1.82) is 0 Å². The van der Waals surface area contributed by atoms with E-state index in [1.165, 1.54) is 25.7 Å². The van der Waals surface area contributed by atoms with Crippen LogP contribution < -0.4 is 5.32 Å². The van der Waals surface area contributed by atoms with Gasteiger partial charge in [-0.1, -0.05) is 0 Å². The molecule has 94 valence electrons. The minimum absolute atomic E-state index is 0.367. The second kappa shape index (κ2) is 5.14. The van der Waals surface area contributed by atoms with Crippen LogP contribution in [0.5, 0.6) is 0 Å². The molecule has 2 fully saturated rings. The molecule has 17 heavy (non-hydrogen) atoms. The van der Waals surface area contributed by atoms with Crippen molar-refractivity contribution in [2.45, 2.75) is 44.2 Å². The van der Waals surface area contributed by atoms with E-state index in [0.29, 0.717) is 12.0 Å². The van der Waals surface area contributed by atoms with Gasteiger partial charge in [0, 0.05) is 12.5 Å². The monoisotopic (exact) mass is 236 g/mol. The summed E-state index contributed by atoms with van der Waals surface area (Å²) in [5.41, 5.74) is 0. The van der Waals surface area contributed by atoms with Crippen LogP contribution in [0.3, 0.4) is 0 Å². The lowest BCUT2D eigenvalue weighted by molar-refractivity contribution is 0.0957. The van der Waals surface area contributed by atoms with Crippen molar-refractivity contribution in [2.75, 3.05) is 19.7 Å².